The molecule has 21 heavy (non-hydrogen) atoms. The second-order valence-electron chi connectivity index (χ2n) is 6.90. The minimum atomic E-state index is -0.0227. The van der Waals surface area contributed by atoms with Crippen LogP contribution in [-0.2, 0) is 4.79 Å². The summed E-state index contributed by atoms with van der Waals surface area (Å²) >= 11 is 0. The fourth-order valence-electron chi connectivity index (χ4n) is 3.37. The van der Waals surface area contributed by atoms with Gasteiger partial charge < -0.3 is 15.2 Å². The van der Waals surface area contributed by atoms with E-state index in [0.29, 0.717) is 18.4 Å². The van der Waals surface area contributed by atoms with Crippen LogP contribution in [0.4, 0.5) is 0 Å². The standard InChI is InChI=1S/C16H26N4O/c1-11(2)9-19-15(21)5-3-4-13(17)16(19)14-8-18-10-20(14)12-6-7-12/h8,10-13,16H,3-7,9,17H2,1-2H3. The number of amides is 1. The number of rotatable bonds is 4. The molecule has 5 nitrogen and oxygen atoms in total. The highest BCUT2D eigenvalue weighted by Gasteiger charge is 2.37. The van der Waals surface area contributed by atoms with Crippen molar-refractivity contribution in [3.8, 4) is 0 Å². The fourth-order valence-corrected chi connectivity index (χ4v) is 3.37. The molecular formula is C16H26N4O. The summed E-state index contributed by atoms with van der Waals surface area (Å²) in [5.74, 6) is 0.684. The monoisotopic (exact) mass is 290 g/mol. The topological polar surface area (TPSA) is 64.2 Å². The molecule has 3 rings (SSSR count). The van der Waals surface area contributed by atoms with E-state index in [2.05, 4.69) is 23.4 Å². The minimum Gasteiger partial charge on any atom is -0.332 e. The lowest BCUT2D eigenvalue weighted by Crippen LogP contribution is -2.44. The molecule has 1 aliphatic heterocycles. The van der Waals surface area contributed by atoms with Crippen molar-refractivity contribution in [3.63, 3.8) is 0 Å². The van der Waals surface area contributed by atoms with Crippen molar-refractivity contribution in [1.82, 2.24) is 14.5 Å². The van der Waals surface area contributed by atoms with Gasteiger partial charge in [0.25, 0.3) is 0 Å². The highest BCUT2D eigenvalue weighted by molar-refractivity contribution is 5.77. The van der Waals surface area contributed by atoms with Crippen LogP contribution in [-0.4, -0.2) is 32.9 Å². The van der Waals surface area contributed by atoms with Crippen LogP contribution in [0.5, 0.6) is 0 Å². The van der Waals surface area contributed by atoms with Crippen molar-refractivity contribution in [1.29, 1.82) is 0 Å². The maximum Gasteiger partial charge on any atom is 0.223 e. The van der Waals surface area contributed by atoms with Gasteiger partial charge >= 0.3 is 0 Å². The largest absolute Gasteiger partial charge is 0.332 e. The first-order valence-electron chi connectivity index (χ1n) is 8.14. The summed E-state index contributed by atoms with van der Waals surface area (Å²) in [6.07, 6.45) is 8.66. The molecule has 0 radical (unpaired) electrons. The van der Waals surface area contributed by atoms with E-state index >= 15 is 0 Å². The third-order valence-corrected chi connectivity index (χ3v) is 4.49. The average Bonchev–Trinajstić information content (AvgIpc) is 3.18. The van der Waals surface area contributed by atoms with Crippen LogP contribution < -0.4 is 5.73 Å². The molecule has 2 aliphatic rings. The Labute approximate surface area is 126 Å². The van der Waals surface area contributed by atoms with Crippen LogP contribution in [0.25, 0.3) is 0 Å². The van der Waals surface area contributed by atoms with Crippen molar-refractivity contribution >= 4 is 5.91 Å². The number of hydrogen-bond donors (Lipinski definition) is 1. The summed E-state index contributed by atoms with van der Waals surface area (Å²) < 4.78 is 2.25. The van der Waals surface area contributed by atoms with Gasteiger partial charge in [-0.3, -0.25) is 4.79 Å². The summed E-state index contributed by atoms with van der Waals surface area (Å²) in [7, 11) is 0. The van der Waals surface area contributed by atoms with Crippen LogP contribution in [0, 0.1) is 5.92 Å². The summed E-state index contributed by atoms with van der Waals surface area (Å²) in [6.45, 7) is 5.07. The summed E-state index contributed by atoms with van der Waals surface area (Å²) in [4.78, 5) is 18.9. The molecule has 0 aromatic carbocycles. The molecule has 1 aromatic heterocycles. The van der Waals surface area contributed by atoms with Crippen LogP contribution in [0.2, 0.25) is 0 Å². The lowest BCUT2D eigenvalue weighted by molar-refractivity contribution is -0.134. The van der Waals surface area contributed by atoms with Gasteiger partial charge in [-0.1, -0.05) is 13.8 Å². The van der Waals surface area contributed by atoms with E-state index < -0.39 is 0 Å². The van der Waals surface area contributed by atoms with E-state index in [1.807, 2.05) is 17.4 Å². The van der Waals surface area contributed by atoms with Gasteiger partial charge in [0, 0.05) is 25.0 Å². The molecule has 116 valence electrons. The Hall–Kier alpha value is -1.36. The minimum absolute atomic E-state index is 0.00407. The van der Waals surface area contributed by atoms with Gasteiger partial charge in [-0.05, 0) is 31.6 Å². The molecule has 1 saturated heterocycles. The number of carbonyl (C=O) groups excluding carboxylic acids is 1. The SMILES string of the molecule is CC(C)CN1C(=O)CCCC(N)C1c1cncn1C1CC1. The highest BCUT2D eigenvalue weighted by Crippen LogP contribution is 2.39. The van der Waals surface area contributed by atoms with Crippen LogP contribution in [0.15, 0.2) is 12.5 Å². The van der Waals surface area contributed by atoms with Crippen molar-refractivity contribution in [2.45, 2.75) is 64.1 Å². The molecule has 2 N–H and O–H groups in total. The van der Waals surface area contributed by atoms with E-state index in [4.69, 9.17) is 5.73 Å². The second-order valence-corrected chi connectivity index (χ2v) is 6.90. The first-order chi connectivity index (χ1) is 10.1. The van der Waals surface area contributed by atoms with Gasteiger partial charge in [-0.25, -0.2) is 4.98 Å². The van der Waals surface area contributed by atoms with E-state index in [1.165, 1.54) is 12.8 Å². The molecule has 0 spiro atoms. The summed E-state index contributed by atoms with van der Waals surface area (Å²) in [5, 5.41) is 0. The average molecular weight is 290 g/mol. The highest BCUT2D eigenvalue weighted by atomic mass is 16.2. The first-order valence-corrected chi connectivity index (χ1v) is 8.14. The Morgan fingerprint density at radius 1 is 1.38 bits per heavy atom. The maximum absolute atomic E-state index is 12.5. The first kappa shape index (κ1) is 14.6. The third-order valence-electron chi connectivity index (χ3n) is 4.49. The van der Waals surface area contributed by atoms with Crippen LogP contribution >= 0.6 is 0 Å². The Morgan fingerprint density at radius 3 is 2.81 bits per heavy atom. The smallest absolute Gasteiger partial charge is 0.223 e. The molecule has 2 atom stereocenters. The normalized spacial score (nSPS) is 27.2. The third kappa shape index (κ3) is 2.98. The number of nitrogens with zero attached hydrogens (tertiary/aromatic N) is 3. The number of nitrogens with two attached hydrogens (primary N) is 1. The number of hydrogen-bond acceptors (Lipinski definition) is 3. The quantitative estimate of drug-likeness (QED) is 0.925. The Morgan fingerprint density at radius 2 is 2.14 bits per heavy atom. The van der Waals surface area contributed by atoms with Crippen molar-refractivity contribution < 1.29 is 4.79 Å². The van der Waals surface area contributed by atoms with Crippen LogP contribution in [0.3, 0.4) is 0 Å². The molecule has 2 fully saturated rings. The molecule has 0 bridgehead atoms. The summed E-state index contributed by atoms with van der Waals surface area (Å²) in [6, 6.07) is 0.545. The molecule has 1 aromatic rings. The number of aromatic nitrogens is 2. The fraction of sp³-hybridized carbons (Fsp3) is 0.750. The van der Waals surface area contributed by atoms with E-state index in [9.17, 15) is 4.79 Å². The summed E-state index contributed by atoms with van der Waals surface area (Å²) in [5.41, 5.74) is 7.58. The molecule has 2 unspecified atom stereocenters. The van der Waals surface area contributed by atoms with Gasteiger partial charge in [-0.15, -0.1) is 0 Å². The lowest BCUT2D eigenvalue weighted by atomic mass is 10.00. The van der Waals surface area contributed by atoms with E-state index in [0.717, 1.165) is 25.1 Å². The van der Waals surface area contributed by atoms with E-state index in [-0.39, 0.29) is 18.0 Å². The molecule has 1 saturated carbocycles. The number of likely N-dealkylation sites (tertiary alicyclic amines) is 1. The Bertz CT molecular complexity index is 506. The van der Waals surface area contributed by atoms with Gasteiger partial charge in [0.2, 0.25) is 5.91 Å². The Balaban J connectivity index is 1.95. The van der Waals surface area contributed by atoms with Gasteiger partial charge in [-0.2, -0.15) is 0 Å². The van der Waals surface area contributed by atoms with Gasteiger partial charge in [0.1, 0.15) is 0 Å². The van der Waals surface area contributed by atoms with Crippen molar-refractivity contribution in [3.05, 3.63) is 18.2 Å². The molecular weight excluding hydrogens is 264 g/mol. The van der Waals surface area contributed by atoms with Crippen molar-refractivity contribution in [2.75, 3.05) is 6.54 Å². The molecule has 1 amide bonds. The van der Waals surface area contributed by atoms with Gasteiger partial charge in [0.05, 0.1) is 24.3 Å². The molecule has 5 heteroatoms. The van der Waals surface area contributed by atoms with Crippen LogP contribution in [0.1, 0.15) is 63.7 Å². The Kier molecular flexibility index (Phi) is 4.02. The zero-order chi connectivity index (χ0) is 15.0. The van der Waals surface area contributed by atoms with Gasteiger partial charge in [0.15, 0.2) is 0 Å². The zero-order valence-electron chi connectivity index (χ0n) is 13.0. The molecule has 1 aliphatic carbocycles. The predicted molar refractivity (Wildman–Crippen MR) is 81.6 cm³/mol. The number of carbonyl (C=O) groups is 1. The maximum atomic E-state index is 12.5. The predicted octanol–water partition coefficient (Wildman–Crippen LogP) is 2.25. The number of imidazole rings is 1. The molecule has 2 heterocycles. The lowest BCUT2D eigenvalue weighted by Gasteiger charge is -2.35. The zero-order valence-corrected chi connectivity index (χ0v) is 13.0. The van der Waals surface area contributed by atoms with Crippen molar-refractivity contribution in [2.24, 2.45) is 11.7 Å². The van der Waals surface area contributed by atoms with E-state index in [1.54, 1.807) is 0 Å². The second kappa shape index (κ2) is 5.79.